The van der Waals surface area contributed by atoms with E-state index >= 15 is 0 Å². The monoisotopic (exact) mass is 362 g/mol. The third-order valence-corrected chi connectivity index (χ3v) is 5.06. The van der Waals surface area contributed by atoms with Crippen LogP contribution in [0.3, 0.4) is 0 Å². The average Bonchev–Trinajstić information content (AvgIpc) is 2.92. The molecule has 1 aromatic heterocycles. The topological polar surface area (TPSA) is 58.4 Å². The summed E-state index contributed by atoms with van der Waals surface area (Å²) in [5.74, 6) is 0.0244. The van der Waals surface area contributed by atoms with Crippen molar-refractivity contribution in [2.24, 2.45) is 7.05 Å². The number of benzene rings is 2. The highest BCUT2D eigenvalue weighted by Gasteiger charge is 2.23. The quantitative estimate of drug-likeness (QED) is 0.704. The average molecular weight is 362 g/mol. The van der Waals surface area contributed by atoms with Crippen molar-refractivity contribution in [1.29, 1.82) is 0 Å². The van der Waals surface area contributed by atoms with Gasteiger partial charge in [-0.25, -0.2) is 4.98 Å². The summed E-state index contributed by atoms with van der Waals surface area (Å²) in [7, 11) is 1.93. The number of nitrogens with zero attached hydrogens (tertiary/aromatic N) is 4. The summed E-state index contributed by atoms with van der Waals surface area (Å²) in [6.45, 7) is 2.40. The van der Waals surface area contributed by atoms with Gasteiger partial charge in [0, 0.05) is 44.4 Å². The molecule has 2 aromatic carbocycles. The van der Waals surface area contributed by atoms with Crippen molar-refractivity contribution in [1.82, 2.24) is 19.4 Å². The molecule has 1 aliphatic heterocycles. The van der Waals surface area contributed by atoms with Crippen LogP contribution in [0.1, 0.15) is 27.1 Å². The summed E-state index contributed by atoms with van der Waals surface area (Å²) < 4.78 is 1.93. The van der Waals surface area contributed by atoms with Crippen LogP contribution in [0.15, 0.2) is 54.9 Å². The molecule has 0 N–H and O–H groups in total. The van der Waals surface area contributed by atoms with E-state index < -0.39 is 0 Å². The van der Waals surface area contributed by atoms with Crippen LogP contribution in [0, 0.1) is 0 Å². The molecule has 0 spiro atoms. The molecule has 2 amide bonds. The highest BCUT2D eigenvalue weighted by atomic mass is 16.2. The third-order valence-electron chi connectivity index (χ3n) is 5.06. The molecule has 6 nitrogen and oxygen atoms in total. The largest absolute Gasteiger partial charge is 0.337 e. The van der Waals surface area contributed by atoms with Crippen molar-refractivity contribution >= 4 is 22.8 Å². The summed E-state index contributed by atoms with van der Waals surface area (Å²) in [4.78, 5) is 33.6. The Kier molecular flexibility index (Phi) is 4.62. The second-order valence-corrected chi connectivity index (χ2v) is 6.86. The summed E-state index contributed by atoms with van der Waals surface area (Å²) in [6.07, 6.45) is 2.52. The van der Waals surface area contributed by atoms with E-state index in [1.807, 2.05) is 69.9 Å². The molecule has 1 saturated heterocycles. The second-order valence-electron chi connectivity index (χ2n) is 6.86. The first-order valence-corrected chi connectivity index (χ1v) is 9.18. The van der Waals surface area contributed by atoms with Crippen molar-refractivity contribution < 1.29 is 9.59 Å². The van der Waals surface area contributed by atoms with Gasteiger partial charge in [0.25, 0.3) is 11.8 Å². The molecular weight excluding hydrogens is 340 g/mol. The Morgan fingerprint density at radius 3 is 2.22 bits per heavy atom. The number of carbonyl (C=O) groups is 2. The van der Waals surface area contributed by atoms with Crippen LogP contribution in [0.5, 0.6) is 0 Å². The molecular formula is C21H22N4O2. The third kappa shape index (κ3) is 3.43. The van der Waals surface area contributed by atoms with Crippen LogP contribution in [-0.4, -0.2) is 57.3 Å². The summed E-state index contributed by atoms with van der Waals surface area (Å²) >= 11 is 0. The Balaban J connectivity index is 1.47. The smallest absolute Gasteiger partial charge is 0.253 e. The fourth-order valence-corrected chi connectivity index (χ4v) is 3.54. The molecule has 0 saturated carbocycles. The highest BCUT2D eigenvalue weighted by Crippen LogP contribution is 2.17. The maximum absolute atomic E-state index is 12.9. The van der Waals surface area contributed by atoms with Gasteiger partial charge in [-0.2, -0.15) is 0 Å². The van der Waals surface area contributed by atoms with E-state index in [1.165, 1.54) is 0 Å². The van der Waals surface area contributed by atoms with E-state index in [0.717, 1.165) is 17.5 Å². The van der Waals surface area contributed by atoms with Gasteiger partial charge in [-0.3, -0.25) is 9.59 Å². The first kappa shape index (κ1) is 17.3. The van der Waals surface area contributed by atoms with E-state index in [0.29, 0.717) is 37.3 Å². The Bertz CT molecular complexity index is 980. The summed E-state index contributed by atoms with van der Waals surface area (Å²) in [5.41, 5.74) is 3.16. The lowest BCUT2D eigenvalue weighted by atomic mass is 10.1. The number of imidazole rings is 1. The van der Waals surface area contributed by atoms with Gasteiger partial charge in [-0.15, -0.1) is 0 Å². The van der Waals surface area contributed by atoms with Crippen molar-refractivity contribution in [2.45, 2.75) is 6.42 Å². The SMILES string of the molecule is Cn1cnc2cc(C(=O)N3CCCN(C(=O)c4ccccc4)CC3)ccc21. The molecule has 1 aliphatic rings. The minimum Gasteiger partial charge on any atom is -0.337 e. The minimum absolute atomic E-state index is 0.00318. The Hall–Kier alpha value is -3.15. The fourth-order valence-electron chi connectivity index (χ4n) is 3.54. The van der Waals surface area contributed by atoms with Crippen LogP contribution < -0.4 is 0 Å². The van der Waals surface area contributed by atoms with Gasteiger partial charge in [-0.1, -0.05) is 18.2 Å². The van der Waals surface area contributed by atoms with Gasteiger partial charge in [0.05, 0.1) is 17.4 Å². The molecule has 0 aliphatic carbocycles. The second kappa shape index (κ2) is 7.23. The van der Waals surface area contributed by atoms with Gasteiger partial charge in [0.2, 0.25) is 0 Å². The molecule has 4 rings (SSSR count). The predicted octanol–water partition coefficient (Wildman–Crippen LogP) is 2.56. The summed E-state index contributed by atoms with van der Waals surface area (Å²) in [6, 6.07) is 14.9. The number of amides is 2. The van der Waals surface area contributed by atoms with Gasteiger partial charge in [-0.05, 0) is 36.8 Å². The predicted molar refractivity (Wildman–Crippen MR) is 104 cm³/mol. The minimum atomic E-state index is -0.00318. The lowest BCUT2D eigenvalue weighted by molar-refractivity contribution is 0.0719. The van der Waals surface area contributed by atoms with Crippen LogP contribution in [0.2, 0.25) is 0 Å². The van der Waals surface area contributed by atoms with Crippen LogP contribution in [0.25, 0.3) is 11.0 Å². The molecule has 6 heteroatoms. The fraction of sp³-hybridized carbons (Fsp3) is 0.286. The summed E-state index contributed by atoms with van der Waals surface area (Å²) in [5, 5.41) is 0. The molecule has 0 atom stereocenters. The lowest BCUT2D eigenvalue weighted by Gasteiger charge is -2.22. The zero-order chi connectivity index (χ0) is 18.8. The number of aryl methyl sites for hydroxylation is 1. The zero-order valence-electron chi connectivity index (χ0n) is 15.3. The Morgan fingerprint density at radius 2 is 1.52 bits per heavy atom. The maximum atomic E-state index is 12.9. The van der Waals surface area contributed by atoms with E-state index in [4.69, 9.17) is 0 Å². The Labute approximate surface area is 158 Å². The van der Waals surface area contributed by atoms with Crippen LogP contribution in [-0.2, 0) is 7.05 Å². The van der Waals surface area contributed by atoms with Crippen molar-refractivity contribution in [3.8, 4) is 0 Å². The van der Waals surface area contributed by atoms with Crippen molar-refractivity contribution in [2.75, 3.05) is 26.2 Å². The molecule has 0 radical (unpaired) electrons. The van der Waals surface area contributed by atoms with Crippen LogP contribution in [0.4, 0.5) is 0 Å². The molecule has 3 aromatic rings. The van der Waals surface area contributed by atoms with Gasteiger partial charge >= 0.3 is 0 Å². The number of hydrogen-bond acceptors (Lipinski definition) is 3. The number of aromatic nitrogens is 2. The normalized spacial score (nSPS) is 15.0. The highest BCUT2D eigenvalue weighted by molar-refractivity contribution is 5.97. The number of fused-ring (bicyclic) bond motifs is 1. The molecule has 138 valence electrons. The maximum Gasteiger partial charge on any atom is 0.253 e. The van der Waals surface area contributed by atoms with Gasteiger partial charge in [0.15, 0.2) is 0 Å². The molecule has 0 unspecified atom stereocenters. The van der Waals surface area contributed by atoms with E-state index in [2.05, 4.69) is 4.98 Å². The van der Waals surface area contributed by atoms with E-state index in [-0.39, 0.29) is 11.8 Å². The van der Waals surface area contributed by atoms with Crippen molar-refractivity contribution in [3.05, 3.63) is 66.0 Å². The molecule has 1 fully saturated rings. The molecule has 2 heterocycles. The van der Waals surface area contributed by atoms with Gasteiger partial charge in [0.1, 0.15) is 0 Å². The number of hydrogen-bond donors (Lipinski definition) is 0. The lowest BCUT2D eigenvalue weighted by Crippen LogP contribution is -2.37. The zero-order valence-corrected chi connectivity index (χ0v) is 15.3. The molecule has 27 heavy (non-hydrogen) atoms. The van der Waals surface area contributed by atoms with E-state index in [9.17, 15) is 9.59 Å². The first-order valence-electron chi connectivity index (χ1n) is 9.18. The van der Waals surface area contributed by atoms with Gasteiger partial charge < -0.3 is 14.4 Å². The van der Waals surface area contributed by atoms with Crippen molar-refractivity contribution in [3.63, 3.8) is 0 Å². The number of carbonyl (C=O) groups excluding carboxylic acids is 2. The van der Waals surface area contributed by atoms with Crippen LogP contribution >= 0.6 is 0 Å². The number of rotatable bonds is 2. The first-order chi connectivity index (χ1) is 13.1. The van der Waals surface area contributed by atoms with E-state index in [1.54, 1.807) is 6.33 Å². The Morgan fingerprint density at radius 1 is 0.852 bits per heavy atom. The molecule has 0 bridgehead atoms. The standard InChI is InChI=1S/C21H22N4O2/c1-23-15-22-18-14-17(8-9-19(18)23)21(27)25-11-5-10-24(12-13-25)20(26)16-6-3-2-4-7-16/h2-4,6-9,14-15H,5,10-13H2,1H3.